The number of anilines is 1. The van der Waals surface area contributed by atoms with Crippen LogP contribution in [0, 0.1) is 0 Å². The van der Waals surface area contributed by atoms with Crippen LogP contribution in [-0.2, 0) is 4.79 Å². The van der Waals surface area contributed by atoms with Gasteiger partial charge in [0.25, 0.3) is 0 Å². The van der Waals surface area contributed by atoms with Gasteiger partial charge in [0.15, 0.2) is 10.9 Å². The Morgan fingerprint density at radius 1 is 1.14 bits per heavy atom. The van der Waals surface area contributed by atoms with E-state index in [1.54, 1.807) is 42.7 Å². The van der Waals surface area contributed by atoms with E-state index in [2.05, 4.69) is 15.3 Å². The summed E-state index contributed by atoms with van der Waals surface area (Å²) in [7, 11) is 0. The molecule has 1 aromatic carbocycles. The Kier molecular flexibility index (Phi) is 5.05. The van der Waals surface area contributed by atoms with E-state index in [0.717, 1.165) is 0 Å². The summed E-state index contributed by atoms with van der Waals surface area (Å²) in [5, 5.41) is 2.96. The molecular formula is C15H15N3O2S. The highest BCUT2D eigenvalue weighted by molar-refractivity contribution is 8.00. The maximum atomic E-state index is 12.3. The van der Waals surface area contributed by atoms with Crippen LogP contribution in [0.2, 0.25) is 0 Å². The minimum absolute atomic E-state index is 0.00169. The smallest absolute Gasteiger partial charge is 0.221 e. The molecule has 0 saturated heterocycles. The van der Waals surface area contributed by atoms with Gasteiger partial charge in [0.05, 0.1) is 5.25 Å². The normalized spacial score (nSPS) is 11.7. The lowest BCUT2D eigenvalue weighted by molar-refractivity contribution is -0.114. The van der Waals surface area contributed by atoms with Crippen LogP contribution < -0.4 is 5.32 Å². The van der Waals surface area contributed by atoms with Crippen molar-refractivity contribution in [2.75, 3.05) is 5.32 Å². The molecule has 0 aliphatic carbocycles. The van der Waals surface area contributed by atoms with Gasteiger partial charge in [-0.1, -0.05) is 11.8 Å². The molecule has 0 aliphatic rings. The topological polar surface area (TPSA) is 72.0 Å². The monoisotopic (exact) mass is 301 g/mol. The molecule has 21 heavy (non-hydrogen) atoms. The average Bonchev–Trinajstić information content (AvgIpc) is 2.47. The highest BCUT2D eigenvalue weighted by atomic mass is 32.2. The van der Waals surface area contributed by atoms with Gasteiger partial charge in [-0.3, -0.25) is 9.59 Å². The van der Waals surface area contributed by atoms with Crippen molar-refractivity contribution in [1.82, 2.24) is 9.97 Å². The van der Waals surface area contributed by atoms with Gasteiger partial charge in [0.2, 0.25) is 5.91 Å². The Morgan fingerprint density at radius 2 is 1.76 bits per heavy atom. The number of aromatic nitrogens is 2. The molecule has 1 amide bonds. The lowest BCUT2D eigenvalue weighted by Gasteiger charge is -2.09. The number of rotatable bonds is 5. The van der Waals surface area contributed by atoms with Crippen molar-refractivity contribution in [3.63, 3.8) is 0 Å². The van der Waals surface area contributed by atoms with Crippen LogP contribution in [0.15, 0.2) is 47.9 Å². The lowest BCUT2D eigenvalue weighted by Crippen LogP contribution is -2.14. The van der Waals surface area contributed by atoms with Gasteiger partial charge in [-0.15, -0.1) is 0 Å². The fourth-order valence-corrected chi connectivity index (χ4v) is 2.52. The first kappa shape index (κ1) is 15.2. The second-order valence-electron chi connectivity index (χ2n) is 4.41. The standard InChI is InChI=1S/C15H15N3O2S/c1-10(21-15-16-8-3-9-17-15)14(20)12-4-6-13(7-5-12)18-11(2)19/h3-10H,1-2H3,(H,18,19)/t10-/m0/s1. The summed E-state index contributed by atoms with van der Waals surface area (Å²) in [6, 6.07) is 8.57. The Morgan fingerprint density at radius 3 is 2.33 bits per heavy atom. The summed E-state index contributed by atoms with van der Waals surface area (Å²) in [6.07, 6.45) is 3.30. The van der Waals surface area contributed by atoms with E-state index in [1.807, 2.05) is 6.92 Å². The minimum atomic E-state index is -0.279. The van der Waals surface area contributed by atoms with Crippen LogP contribution >= 0.6 is 11.8 Å². The molecule has 0 spiro atoms. The summed E-state index contributed by atoms with van der Waals surface area (Å²) in [6.45, 7) is 3.27. The van der Waals surface area contributed by atoms with E-state index in [0.29, 0.717) is 16.4 Å². The quantitative estimate of drug-likeness (QED) is 0.522. The zero-order valence-electron chi connectivity index (χ0n) is 11.7. The number of hydrogen-bond donors (Lipinski definition) is 1. The Balaban J connectivity index is 2.03. The van der Waals surface area contributed by atoms with Crippen molar-refractivity contribution >= 4 is 29.1 Å². The number of nitrogens with zero attached hydrogens (tertiary/aromatic N) is 2. The second kappa shape index (κ2) is 6.99. The zero-order valence-corrected chi connectivity index (χ0v) is 12.6. The number of hydrogen-bond acceptors (Lipinski definition) is 5. The summed E-state index contributed by atoms with van der Waals surface area (Å²) in [4.78, 5) is 31.5. The Hall–Kier alpha value is -2.21. The summed E-state index contributed by atoms with van der Waals surface area (Å²) in [5.41, 5.74) is 1.27. The molecule has 1 aromatic heterocycles. The highest BCUT2D eigenvalue weighted by Gasteiger charge is 2.17. The van der Waals surface area contributed by atoms with Gasteiger partial charge in [-0.25, -0.2) is 9.97 Å². The molecule has 1 heterocycles. The molecule has 1 atom stereocenters. The molecule has 1 N–H and O–H groups in total. The highest BCUT2D eigenvalue weighted by Crippen LogP contribution is 2.22. The number of benzene rings is 1. The van der Waals surface area contributed by atoms with E-state index >= 15 is 0 Å². The minimum Gasteiger partial charge on any atom is -0.326 e. The number of Topliss-reactive ketones (excluding diaryl/α,β-unsaturated/α-hetero) is 1. The summed E-state index contributed by atoms with van der Waals surface area (Å²) in [5.74, 6) is -0.138. The number of carbonyl (C=O) groups excluding carboxylic acids is 2. The van der Waals surface area contributed by atoms with E-state index in [4.69, 9.17) is 0 Å². The van der Waals surface area contributed by atoms with Gasteiger partial charge in [0.1, 0.15) is 0 Å². The predicted octanol–water partition coefficient (Wildman–Crippen LogP) is 2.80. The van der Waals surface area contributed by atoms with Crippen LogP contribution in [0.3, 0.4) is 0 Å². The molecule has 0 saturated carbocycles. The van der Waals surface area contributed by atoms with Crippen molar-refractivity contribution in [3.8, 4) is 0 Å². The molecule has 2 rings (SSSR count). The van der Waals surface area contributed by atoms with E-state index in [-0.39, 0.29) is 16.9 Å². The summed E-state index contributed by atoms with van der Waals surface area (Å²) >= 11 is 1.32. The number of thioether (sulfide) groups is 1. The Bertz CT molecular complexity index is 629. The molecule has 2 aromatic rings. The van der Waals surface area contributed by atoms with Crippen molar-refractivity contribution in [2.24, 2.45) is 0 Å². The molecule has 5 nitrogen and oxygen atoms in total. The summed E-state index contributed by atoms with van der Waals surface area (Å²) < 4.78 is 0. The number of nitrogens with one attached hydrogen (secondary N) is 1. The van der Waals surface area contributed by atoms with Crippen molar-refractivity contribution in [1.29, 1.82) is 0 Å². The third-order valence-electron chi connectivity index (χ3n) is 2.68. The molecule has 0 unspecified atom stereocenters. The largest absolute Gasteiger partial charge is 0.326 e. The molecule has 0 fully saturated rings. The van der Waals surface area contributed by atoms with Crippen molar-refractivity contribution in [3.05, 3.63) is 48.3 Å². The third-order valence-corrected chi connectivity index (χ3v) is 3.67. The zero-order chi connectivity index (χ0) is 15.2. The first-order chi connectivity index (χ1) is 10.1. The van der Waals surface area contributed by atoms with E-state index < -0.39 is 0 Å². The van der Waals surface area contributed by atoms with E-state index in [1.165, 1.54) is 18.7 Å². The molecular weight excluding hydrogens is 286 g/mol. The van der Waals surface area contributed by atoms with E-state index in [9.17, 15) is 9.59 Å². The SMILES string of the molecule is CC(=O)Nc1ccc(C(=O)[C@H](C)Sc2ncccn2)cc1. The molecule has 0 aliphatic heterocycles. The van der Waals surface area contributed by atoms with Crippen LogP contribution in [0.1, 0.15) is 24.2 Å². The third kappa shape index (κ3) is 4.39. The van der Waals surface area contributed by atoms with Crippen LogP contribution in [0.5, 0.6) is 0 Å². The van der Waals surface area contributed by atoms with Gasteiger partial charge < -0.3 is 5.32 Å². The Labute approximate surface area is 127 Å². The van der Waals surface area contributed by atoms with Crippen LogP contribution in [-0.4, -0.2) is 26.9 Å². The van der Waals surface area contributed by atoms with Gasteiger partial charge in [-0.2, -0.15) is 0 Å². The van der Waals surface area contributed by atoms with Crippen LogP contribution in [0.4, 0.5) is 5.69 Å². The van der Waals surface area contributed by atoms with Gasteiger partial charge in [-0.05, 0) is 37.3 Å². The molecule has 108 valence electrons. The first-order valence-corrected chi connectivity index (χ1v) is 7.30. The van der Waals surface area contributed by atoms with Crippen LogP contribution in [0.25, 0.3) is 0 Å². The lowest BCUT2D eigenvalue weighted by atomic mass is 10.1. The second-order valence-corrected chi connectivity index (χ2v) is 5.72. The number of amides is 1. The first-order valence-electron chi connectivity index (χ1n) is 6.42. The fraction of sp³-hybridized carbons (Fsp3) is 0.200. The van der Waals surface area contributed by atoms with Crippen molar-refractivity contribution < 1.29 is 9.59 Å². The molecule has 0 bridgehead atoms. The van der Waals surface area contributed by atoms with Gasteiger partial charge in [0, 0.05) is 30.6 Å². The fourth-order valence-electron chi connectivity index (χ4n) is 1.71. The number of ketones is 1. The number of carbonyl (C=O) groups is 2. The van der Waals surface area contributed by atoms with Crippen molar-refractivity contribution in [2.45, 2.75) is 24.3 Å². The average molecular weight is 301 g/mol. The maximum Gasteiger partial charge on any atom is 0.221 e. The molecule has 0 radical (unpaired) electrons. The van der Waals surface area contributed by atoms with Gasteiger partial charge >= 0.3 is 0 Å². The predicted molar refractivity (Wildman–Crippen MR) is 82.4 cm³/mol. The maximum absolute atomic E-state index is 12.3. The molecule has 6 heteroatoms.